The number of fused-ring (bicyclic) bond motifs is 1. The van der Waals surface area contributed by atoms with Gasteiger partial charge in [-0.15, -0.1) is 0 Å². The van der Waals surface area contributed by atoms with Gasteiger partial charge in [-0.3, -0.25) is 36.8 Å². The van der Waals surface area contributed by atoms with Crippen LogP contribution in [-0.2, 0) is 6.42 Å². The number of amidine groups is 2. The van der Waals surface area contributed by atoms with Crippen molar-refractivity contribution in [2.24, 2.45) is 9.98 Å². The van der Waals surface area contributed by atoms with Crippen molar-refractivity contribution in [3.8, 4) is 0 Å². The van der Waals surface area contributed by atoms with Gasteiger partial charge in [-0.05, 0) is 36.6 Å². The zero-order chi connectivity index (χ0) is 15.4. The van der Waals surface area contributed by atoms with Gasteiger partial charge in [-0.2, -0.15) is 0 Å². The van der Waals surface area contributed by atoms with Gasteiger partial charge in [0.15, 0.2) is 11.7 Å². The van der Waals surface area contributed by atoms with E-state index in [9.17, 15) is 4.39 Å². The molecule has 21 heavy (non-hydrogen) atoms. The topological polar surface area (TPSA) is 113 Å². The summed E-state index contributed by atoms with van der Waals surface area (Å²) < 4.78 is 13.2. The number of halogens is 1. The fourth-order valence-electron chi connectivity index (χ4n) is 2.11. The van der Waals surface area contributed by atoms with Gasteiger partial charge >= 0.3 is 0 Å². The van der Waals surface area contributed by atoms with Crippen LogP contribution >= 0.6 is 0 Å². The first kappa shape index (κ1) is 15.1. The molecule has 5 N–H and O–H groups in total. The highest BCUT2D eigenvalue weighted by Gasteiger charge is 2.27. The van der Waals surface area contributed by atoms with Crippen LogP contribution in [-0.4, -0.2) is 34.3 Å². The second-order valence-electron chi connectivity index (χ2n) is 4.46. The van der Waals surface area contributed by atoms with Crippen LogP contribution in [0.4, 0.5) is 4.39 Å². The Morgan fingerprint density at radius 2 is 2.10 bits per heavy atom. The van der Waals surface area contributed by atoms with Gasteiger partial charge in [0, 0.05) is 6.54 Å². The predicted octanol–water partition coefficient (Wildman–Crippen LogP) is 1.22. The molecule has 7 nitrogen and oxygen atoms in total. The lowest BCUT2D eigenvalue weighted by Gasteiger charge is -2.27. The fraction of sp³-hybridized carbons (Fsp3) is 0.308. The lowest BCUT2D eigenvalue weighted by atomic mass is 9.83. The average molecular weight is 293 g/mol. The van der Waals surface area contributed by atoms with Crippen LogP contribution in [0.2, 0.25) is 0 Å². The van der Waals surface area contributed by atoms with E-state index in [0.29, 0.717) is 13.0 Å². The molecule has 0 bridgehead atoms. The summed E-state index contributed by atoms with van der Waals surface area (Å²) in [6.45, 7) is 2.08. The van der Waals surface area contributed by atoms with Crippen LogP contribution in [0.5, 0.6) is 0 Å². The Hall–Kier alpha value is -2.32. The summed E-state index contributed by atoms with van der Waals surface area (Å²) in [7, 11) is 0. The molecule has 0 aliphatic heterocycles. The molecule has 0 spiro atoms. The Bertz CT molecular complexity index is 615. The van der Waals surface area contributed by atoms with E-state index in [2.05, 4.69) is 9.98 Å². The van der Waals surface area contributed by atoms with Crippen molar-refractivity contribution in [2.45, 2.75) is 19.4 Å². The molecule has 0 aromatic heterocycles. The molecular formula is C13H16FN5O2. The van der Waals surface area contributed by atoms with Crippen molar-refractivity contribution in [3.63, 3.8) is 0 Å². The zero-order valence-electron chi connectivity index (χ0n) is 11.4. The van der Waals surface area contributed by atoms with Crippen molar-refractivity contribution in [2.75, 3.05) is 6.54 Å². The minimum Gasteiger partial charge on any atom is -0.294 e. The van der Waals surface area contributed by atoms with E-state index in [1.807, 2.05) is 5.48 Å². The molecule has 0 fully saturated rings. The Morgan fingerprint density at radius 1 is 1.38 bits per heavy atom. The van der Waals surface area contributed by atoms with E-state index in [1.165, 1.54) is 12.1 Å². The quantitative estimate of drug-likeness (QED) is 0.326. The third kappa shape index (κ3) is 3.06. The normalized spacial score (nSPS) is 17.8. The summed E-state index contributed by atoms with van der Waals surface area (Å²) in [4.78, 5) is 8.03. The SMILES string of the molecule is CCN=C(NO)C(=N)C(=NC1Cc2ccc(F)cc21)NO. The molecule has 1 atom stereocenters. The maximum atomic E-state index is 13.2. The van der Waals surface area contributed by atoms with Gasteiger partial charge < -0.3 is 0 Å². The second kappa shape index (κ2) is 6.42. The van der Waals surface area contributed by atoms with Crippen LogP contribution in [0, 0.1) is 11.2 Å². The van der Waals surface area contributed by atoms with Gasteiger partial charge in [0.2, 0.25) is 0 Å². The van der Waals surface area contributed by atoms with Crippen molar-refractivity contribution in [3.05, 3.63) is 35.1 Å². The predicted molar refractivity (Wildman–Crippen MR) is 75.8 cm³/mol. The maximum Gasteiger partial charge on any atom is 0.175 e. The number of hydrogen-bond donors (Lipinski definition) is 5. The van der Waals surface area contributed by atoms with Crippen molar-refractivity contribution in [1.82, 2.24) is 11.0 Å². The number of rotatable bonds is 4. The monoisotopic (exact) mass is 293 g/mol. The zero-order valence-corrected chi connectivity index (χ0v) is 11.4. The summed E-state index contributed by atoms with van der Waals surface area (Å²) in [5.41, 5.74) is 5.03. The second-order valence-corrected chi connectivity index (χ2v) is 4.46. The molecule has 0 saturated heterocycles. The van der Waals surface area contributed by atoms with Crippen LogP contribution in [0.25, 0.3) is 0 Å². The first-order valence-electron chi connectivity index (χ1n) is 6.40. The molecule has 0 radical (unpaired) electrons. The molecule has 1 aliphatic rings. The van der Waals surface area contributed by atoms with E-state index >= 15 is 0 Å². The molecule has 0 heterocycles. The summed E-state index contributed by atoms with van der Waals surface area (Å²) in [6, 6.07) is 4.12. The Balaban J connectivity index is 2.23. The van der Waals surface area contributed by atoms with Crippen molar-refractivity contribution >= 4 is 17.4 Å². The van der Waals surface area contributed by atoms with Gasteiger partial charge in [0.1, 0.15) is 11.5 Å². The number of nitrogens with zero attached hydrogens (tertiary/aromatic N) is 2. The van der Waals surface area contributed by atoms with E-state index in [0.717, 1.165) is 11.1 Å². The third-order valence-corrected chi connectivity index (χ3v) is 3.17. The molecule has 1 aromatic rings. The Labute approximate surface area is 120 Å². The van der Waals surface area contributed by atoms with Crippen molar-refractivity contribution < 1.29 is 14.8 Å². The standard InChI is InChI=1S/C13H16FN5O2/c1-2-16-12(18-20)11(15)13(19-21)17-10-5-7-3-4-8(14)6-9(7)10/h3-4,6,10,15,20-21H,2,5H2,1H3,(H,16,18)(H,17,19). The highest BCUT2D eigenvalue weighted by Crippen LogP contribution is 2.36. The maximum absolute atomic E-state index is 13.2. The highest BCUT2D eigenvalue weighted by molar-refractivity contribution is 6.66. The molecule has 0 amide bonds. The average Bonchev–Trinajstić information content (AvgIpc) is 2.47. The Kier molecular flexibility index (Phi) is 4.61. The van der Waals surface area contributed by atoms with Crippen molar-refractivity contribution in [1.29, 1.82) is 5.41 Å². The van der Waals surface area contributed by atoms with Crippen LogP contribution in [0.15, 0.2) is 28.2 Å². The van der Waals surface area contributed by atoms with Gasteiger partial charge in [-0.1, -0.05) is 6.07 Å². The number of hydrogen-bond acceptors (Lipinski definition) is 5. The molecule has 0 saturated carbocycles. The largest absolute Gasteiger partial charge is 0.294 e. The molecule has 1 aromatic carbocycles. The first-order valence-corrected chi connectivity index (χ1v) is 6.40. The smallest absolute Gasteiger partial charge is 0.175 e. The molecule has 1 aliphatic carbocycles. The van der Waals surface area contributed by atoms with E-state index in [4.69, 9.17) is 15.8 Å². The van der Waals surface area contributed by atoms with E-state index < -0.39 is 0 Å². The van der Waals surface area contributed by atoms with Gasteiger partial charge in [-0.25, -0.2) is 4.39 Å². The minimum atomic E-state index is -0.354. The Morgan fingerprint density at radius 3 is 2.71 bits per heavy atom. The molecule has 1 unspecified atom stereocenters. The van der Waals surface area contributed by atoms with Crippen LogP contribution in [0.1, 0.15) is 24.1 Å². The van der Waals surface area contributed by atoms with E-state index in [-0.39, 0.29) is 29.2 Å². The summed E-state index contributed by atoms with van der Waals surface area (Å²) >= 11 is 0. The summed E-state index contributed by atoms with van der Waals surface area (Å²) in [6.07, 6.45) is 0.598. The lowest BCUT2D eigenvalue weighted by Crippen LogP contribution is -2.40. The molecular weight excluding hydrogens is 277 g/mol. The summed E-state index contributed by atoms with van der Waals surface area (Å²) in [5, 5.41) is 25.9. The fourth-order valence-corrected chi connectivity index (χ4v) is 2.11. The lowest BCUT2D eigenvalue weighted by molar-refractivity contribution is 0.233. The molecule has 2 rings (SSSR count). The number of aliphatic imine (C=N–C) groups is 2. The highest BCUT2D eigenvalue weighted by atomic mass is 19.1. The van der Waals surface area contributed by atoms with Gasteiger partial charge in [0.05, 0.1) is 6.04 Å². The summed E-state index contributed by atoms with van der Waals surface area (Å²) in [5.74, 6) is -0.618. The first-order chi connectivity index (χ1) is 10.1. The minimum absolute atomic E-state index is 0.114. The molecule has 112 valence electrons. The number of hydroxylamine groups is 2. The molecule has 8 heteroatoms. The number of benzene rings is 1. The number of nitrogens with one attached hydrogen (secondary N) is 3. The van der Waals surface area contributed by atoms with Crippen LogP contribution < -0.4 is 11.0 Å². The third-order valence-electron chi connectivity index (χ3n) is 3.17. The van der Waals surface area contributed by atoms with E-state index in [1.54, 1.807) is 18.5 Å². The van der Waals surface area contributed by atoms with Crippen LogP contribution in [0.3, 0.4) is 0 Å². The van der Waals surface area contributed by atoms with Gasteiger partial charge in [0.25, 0.3) is 0 Å².